The summed E-state index contributed by atoms with van der Waals surface area (Å²) in [6.07, 6.45) is 0. The number of carbonyl (C=O) groups excluding carboxylic acids is 2. The molecule has 0 aliphatic heterocycles. The quantitative estimate of drug-likeness (QED) is 0.319. The topological polar surface area (TPSA) is 98.5 Å². The van der Waals surface area contributed by atoms with Gasteiger partial charge in [0.15, 0.2) is 0 Å². The van der Waals surface area contributed by atoms with Gasteiger partial charge in [-0.25, -0.2) is 4.79 Å². The van der Waals surface area contributed by atoms with Gasteiger partial charge in [0.1, 0.15) is 0 Å². The Hall–Kier alpha value is -4.00. The van der Waals surface area contributed by atoms with Crippen LogP contribution in [0.3, 0.4) is 0 Å². The molecule has 1 N–H and O–H groups in total. The molecule has 3 rings (SSSR count). The van der Waals surface area contributed by atoms with Crippen molar-refractivity contribution < 1.29 is 19.2 Å². The first kappa shape index (κ1) is 17.8. The van der Waals surface area contributed by atoms with E-state index in [0.717, 1.165) is 6.07 Å². The van der Waals surface area contributed by atoms with Crippen LogP contribution < -0.4 is 10.1 Å². The van der Waals surface area contributed by atoms with Gasteiger partial charge in [-0.05, 0) is 36.4 Å². The fraction of sp³-hybridized carbons (Fsp3) is 0. The fourth-order valence-electron chi connectivity index (χ4n) is 2.35. The summed E-state index contributed by atoms with van der Waals surface area (Å²) in [5.41, 5.74) is 0.480. The number of hydrogen-bond acceptors (Lipinski definition) is 5. The number of hydrogen-bond donors (Lipinski definition) is 1. The third-order valence-corrected chi connectivity index (χ3v) is 3.66. The minimum absolute atomic E-state index is 0.202. The Morgan fingerprint density at radius 2 is 1.44 bits per heavy atom. The summed E-state index contributed by atoms with van der Waals surface area (Å²) in [7, 11) is 0. The van der Waals surface area contributed by atoms with E-state index in [1.165, 1.54) is 12.1 Å². The monoisotopic (exact) mass is 362 g/mol. The molecule has 0 fully saturated rings. The maximum atomic E-state index is 12.2. The molecule has 7 heteroatoms. The number of amides is 1. The third-order valence-electron chi connectivity index (χ3n) is 3.66. The van der Waals surface area contributed by atoms with Crippen molar-refractivity contribution in [3.05, 3.63) is 100 Å². The Balaban J connectivity index is 1.82. The Kier molecular flexibility index (Phi) is 5.22. The average molecular weight is 362 g/mol. The summed E-state index contributed by atoms with van der Waals surface area (Å²) < 4.78 is 5.14. The standard InChI is InChI=1S/C20H14N2O5/c23-19(14-7-3-1-4-8-14)21-16-11-12-18(17(13-16)22(25)26)27-20(24)15-9-5-2-6-10-15/h1-13H,(H,21,23). The van der Waals surface area contributed by atoms with Gasteiger partial charge in [0.05, 0.1) is 10.5 Å². The number of nitrogens with zero attached hydrogens (tertiary/aromatic N) is 1. The minimum Gasteiger partial charge on any atom is -0.416 e. The first-order valence-corrected chi connectivity index (χ1v) is 7.96. The second-order valence-electron chi connectivity index (χ2n) is 5.52. The van der Waals surface area contributed by atoms with Crippen LogP contribution in [0.4, 0.5) is 11.4 Å². The van der Waals surface area contributed by atoms with Crippen molar-refractivity contribution in [1.82, 2.24) is 0 Å². The van der Waals surface area contributed by atoms with Crippen molar-refractivity contribution in [2.75, 3.05) is 5.32 Å². The molecule has 0 radical (unpaired) electrons. The van der Waals surface area contributed by atoms with E-state index >= 15 is 0 Å². The molecular formula is C20H14N2O5. The van der Waals surface area contributed by atoms with Crippen molar-refractivity contribution in [3.63, 3.8) is 0 Å². The molecule has 0 aliphatic carbocycles. The lowest BCUT2D eigenvalue weighted by Gasteiger charge is -2.08. The molecule has 7 nitrogen and oxygen atoms in total. The van der Waals surface area contributed by atoms with E-state index in [1.807, 2.05) is 0 Å². The molecule has 134 valence electrons. The number of ether oxygens (including phenoxy) is 1. The van der Waals surface area contributed by atoms with Gasteiger partial charge in [-0.15, -0.1) is 0 Å². The van der Waals surface area contributed by atoms with Gasteiger partial charge < -0.3 is 10.1 Å². The van der Waals surface area contributed by atoms with E-state index < -0.39 is 22.5 Å². The van der Waals surface area contributed by atoms with E-state index in [2.05, 4.69) is 5.32 Å². The van der Waals surface area contributed by atoms with Crippen LogP contribution in [-0.4, -0.2) is 16.8 Å². The fourth-order valence-corrected chi connectivity index (χ4v) is 2.35. The number of anilines is 1. The first-order chi connectivity index (χ1) is 13.0. The summed E-state index contributed by atoms with van der Waals surface area (Å²) in [5.74, 6) is -1.31. The zero-order valence-electron chi connectivity index (χ0n) is 14.0. The Bertz CT molecular complexity index is 988. The predicted octanol–water partition coefficient (Wildman–Crippen LogP) is 4.07. The predicted molar refractivity (Wildman–Crippen MR) is 98.9 cm³/mol. The van der Waals surface area contributed by atoms with Crippen molar-refractivity contribution in [2.45, 2.75) is 0 Å². The number of carbonyl (C=O) groups is 2. The van der Waals surface area contributed by atoms with Gasteiger partial charge in [0, 0.05) is 17.3 Å². The van der Waals surface area contributed by atoms with Crippen LogP contribution in [0.15, 0.2) is 78.9 Å². The van der Waals surface area contributed by atoms with Gasteiger partial charge in [0.2, 0.25) is 5.75 Å². The molecule has 0 aromatic heterocycles. The van der Waals surface area contributed by atoms with E-state index in [9.17, 15) is 19.7 Å². The number of esters is 1. The third kappa shape index (κ3) is 4.35. The molecule has 0 atom stereocenters. The highest BCUT2D eigenvalue weighted by Gasteiger charge is 2.20. The van der Waals surface area contributed by atoms with Crippen molar-refractivity contribution >= 4 is 23.3 Å². The molecule has 27 heavy (non-hydrogen) atoms. The SMILES string of the molecule is O=C(Nc1ccc(OC(=O)c2ccccc2)c([N+](=O)[O-])c1)c1ccccc1. The van der Waals surface area contributed by atoms with Crippen LogP contribution in [0.1, 0.15) is 20.7 Å². The average Bonchev–Trinajstić information content (AvgIpc) is 2.70. The van der Waals surface area contributed by atoms with Crippen LogP contribution in [0, 0.1) is 10.1 Å². The highest BCUT2D eigenvalue weighted by Crippen LogP contribution is 2.31. The van der Waals surface area contributed by atoms with Gasteiger partial charge in [-0.3, -0.25) is 14.9 Å². The van der Waals surface area contributed by atoms with Crippen molar-refractivity contribution in [3.8, 4) is 5.75 Å². The van der Waals surface area contributed by atoms with Crippen LogP contribution in [0.2, 0.25) is 0 Å². The van der Waals surface area contributed by atoms with E-state index in [-0.39, 0.29) is 17.0 Å². The largest absolute Gasteiger partial charge is 0.416 e. The van der Waals surface area contributed by atoms with Gasteiger partial charge >= 0.3 is 11.7 Å². The molecule has 0 saturated heterocycles. The highest BCUT2D eigenvalue weighted by atomic mass is 16.6. The molecule has 0 bridgehead atoms. The molecule has 0 unspecified atom stereocenters. The van der Waals surface area contributed by atoms with Crippen LogP contribution in [0.5, 0.6) is 5.75 Å². The molecule has 1 amide bonds. The Morgan fingerprint density at radius 3 is 2.04 bits per heavy atom. The van der Waals surface area contributed by atoms with Gasteiger partial charge in [-0.1, -0.05) is 36.4 Å². The Labute approximate surface area is 154 Å². The van der Waals surface area contributed by atoms with E-state index in [1.54, 1.807) is 60.7 Å². The zero-order chi connectivity index (χ0) is 19.2. The number of rotatable bonds is 5. The van der Waals surface area contributed by atoms with Crippen LogP contribution >= 0.6 is 0 Å². The van der Waals surface area contributed by atoms with Crippen LogP contribution in [0.25, 0.3) is 0 Å². The minimum atomic E-state index is -0.709. The maximum Gasteiger partial charge on any atom is 0.343 e. The highest BCUT2D eigenvalue weighted by molar-refractivity contribution is 6.04. The summed E-state index contributed by atoms with van der Waals surface area (Å²) in [4.78, 5) is 35.0. The lowest BCUT2D eigenvalue weighted by atomic mass is 10.2. The number of nitrogens with one attached hydrogen (secondary N) is 1. The lowest BCUT2D eigenvalue weighted by Crippen LogP contribution is -2.13. The van der Waals surface area contributed by atoms with Gasteiger partial charge in [0.25, 0.3) is 5.91 Å². The van der Waals surface area contributed by atoms with Gasteiger partial charge in [-0.2, -0.15) is 0 Å². The summed E-state index contributed by atoms with van der Waals surface area (Å²) >= 11 is 0. The molecule has 3 aromatic rings. The summed E-state index contributed by atoms with van der Waals surface area (Å²) in [5, 5.41) is 13.9. The molecule has 0 saturated carbocycles. The first-order valence-electron chi connectivity index (χ1n) is 7.96. The van der Waals surface area contributed by atoms with E-state index in [4.69, 9.17) is 4.74 Å². The number of benzene rings is 3. The second kappa shape index (κ2) is 7.92. The smallest absolute Gasteiger partial charge is 0.343 e. The molecule has 0 aliphatic rings. The number of nitro benzene ring substituents is 1. The maximum absolute atomic E-state index is 12.2. The Morgan fingerprint density at radius 1 is 0.852 bits per heavy atom. The second-order valence-corrected chi connectivity index (χ2v) is 5.52. The van der Waals surface area contributed by atoms with Crippen LogP contribution in [-0.2, 0) is 0 Å². The normalized spacial score (nSPS) is 10.1. The number of nitro groups is 1. The lowest BCUT2D eigenvalue weighted by molar-refractivity contribution is -0.385. The molecule has 0 heterocycles. The van der Waals surface area contributed by atoms with E-state index in [0.29, 0.717) is 5.56 Å². The molecular weight excluding hydrogens is 348 g/mol. The van der Waals surface area contributed by atoms with Crippen molar-refractivity contribution in [2.24, 2.45) is 0 Å². The summed E-state index contributed by atoms with van der Waals surface area (Å²) in [6, 6.07) is 20.5. The summed E-state index contributed by atoms with van der Waals surface area (Å²) in [6.45, 7) is 0. The van der Waals surface area contributed by atoms with Crippen molar-refractivity contribution in [1.29, 1.82) is 0 Å². The molecule has 0 spiro atoms. The molecule has 3 aromatic carbocycles. The zero-order valence-corrected chi connectivity index (χ0v) is 14.0.